The third-order valence-corrected chi connectivity index (χ3v) is 4.63. The summed E-state index contributed by atoms with van der Waals surface area (Å²) in [5.41, 5.74) is 1.46. The van der Waals surface area contributed by atoms with Gasteiger partial charge in [-0.1, -0.05) is 35.3 Å². The first-order chi connectivity index (χ1) is 8.50. The van der Waals surface area contributed by atoms with Crippen LogP contribution in [0.25, 0.3) is 0 Å². The van der Waals surface area contributed by atoms with Gasteiger partial charge in [0.15, 0.2) is 0 Å². The molecule has 1 heterocycles. The second-order valence-electron chi connectivity index (χ2n) is 3.79. The number of halogens is 3. The van der Waals surface area contributed by atoms with Gasteiger partial charge < -0.3 is 0 Å². The summed E-state index contributed by atoms with van der Waals surface area (Å²) in [6.07, 6.45) is 1.52. The van der Waals surface area contributed by atoms with Crippen molar-refractivity contribution < 1.29 is 0 Å². The minimum atomic E-state index is -0.0702. The molecule has 0 unspecified atom stereocenters. The maximum Gasteiger partial charge on any atom is 0.267 e. The summed E-state index contributed by atoms with van der Waals surface area (Å²) in [6.45, 7) is 2.17. The monoisotopic (exact) mass is 394 g/mol. The minimum Gasteiger partial charge on any atom is -0.294 e. The fraction of sp³-hybridized carbons (Fsp3) is 0.167. The minimum absolute atomic E-state index is 0.0702. The summed E-state index contributed by atoms with van der Waals surface area (Å²) in [5, 5.41) is 0.957. The summed E-state index contributed by atoms with van der Waals surface area (Å²) >= 11 is 14.0. The molecule has 0 radical (unpaired) electrons. The first-order valence-electron chi connectivity index (χ1n) is 5.15. The van der Waals surface area contributed by atoms with Crippen LogP contribution in [-0.4, -0.2) is 9.55 Å². The van der Waals surface area contributed by atoms with Gasteiger partial charge in [0.25, 0.3) is 5.56 Å². The first-order valence-corrected chi connectivity index (χ1v) is 6.98. The fourth-order valence-electron chi connectivity index (χ4n) is 1.51. The molecule has 2 aromatic rings. The van der Waals surface area contributed by atoms with E-state index in [1.54, 1.807) is 19.1 Å². The van der Waals surface area contributed by atoms with E-state index >= 15 is 0 Å². The van der Waals surface area contributed by atoms with Crippen molar-refractivity contribution in [2.24, 2.45) is 0 Å². The van der Waals surface area contributed by atoms with Crippen LogP contribution in [0.4, 0.5) is 0 Å². The van der Waals surface area contributed by atoms with Crippen molar-refractivity contribution in [3.8, 4) is 0 Å². The lowest BCUT2D eigenvalue weighted by Gasteiger charge is -2.09. The Bertz CT molecular complexity index is 655. The molecule has 0 aliphatic carbocycles. The van der Waals surface area contributed by atoms with Gasteiger partial charge >= 0.3 is 0 Å². The van der Waals surface area contributed by atoms with E-state index < -0.39 is 0 Å². The molecular formula is C12H9Cl2IN2O. The maximum absolute atomic E-state index is 12.0. The highest BCUT2D eigenvalue weighted by molar-refractivity contribution is 14.1. The second-order valence-corrected chi connectivity index (χ2v) is 5.65. The van der Waals surface area contributed by atoms with Gasteiger partial charge in [0, 0.05) is 0 Å². The van der Waals surface area contributed by atoms with Crippen LogP contribution in [0.5, 0.6) is 0 Å². The predicted octanol–water partition coefficient (Wildman–Crippen LogP) is 3.51. The van der Waals surface area contributed by atoms with Crippen LogP contribution in [0.3, 0.4) is 0 Å². The Kier molecular flexibility index (Phi) is 4.29. The summed E-state index contributed by atoms with van der Waals surface area (Å²) in [5.74, 6) is 0. The predicted molar refractivity (Wildman–Crippen MR) is 81.5 cm³/mol. The number of benzene rings is 1. The summed E-state index contributed by atoms with van der Waals surface area (Å²) < 4.78 is 2.14. The average molecular weight is 395 g/mol. The highest BCUT2D eigenvalue weighted by atomic mass is 127. The molecule has 2 rings (SSSR count). The van der Waals surface area contributed by atoms with Crippen LogP contribution in [-0.2, 0) is 6.54 Å². The van der Waals surface area contributed by atoms with E-state index in [0.29, 0.717) is 20.2 Å². The number of aromatic nitrogens is 2. The van der Waals surface area contributed by atoms with E-state index in [4.69, 9.17) is 23.2 Å². The number of hydrogen-bond acceptors (Lipinski definition) is 2. The van der Waals surface area contributed by atoms with Crippen LogP contribution in [0.2, 0.25) is 10.0 Å². The molecule has 0 saturated carbocycles. The standard InChI is InChI=1S/C12H9Cl2IN2O/c1-7-11(15)12(18)17(6-16-7)5-8-3-2-4-9(13)10(8)14/h2-4,6H,5H2,1H3. The highest BCUT2D eigenvalue weighted by Crippen LogP contribution is 2.25. The number of nitrogens with zero attached hydrogens (tertiary/aromatic N) is 2. The lowest BCUT2D eigenvalue weighted by molar-refractivity contribution is 0.724. The lowest BCUT2D eigenvalue weighted by Crippen LogP contribution is -2.24. The van der Waals surface area contributed by atoms with Crippen molar-refractivity contribution in [2.75, 3.05) is 0 Å². The number of rotatable bonds is 2. The molecule has 3 nitrogen and oxygen atoms in total. The molecular weight excluding hydrogens is 386 g/mol. The van der Waals surface area contributed by atoms with Gasteiger partial charge in [-0.15, -0.1) is 0 Å². The van der Waals surface area contributed by atoms with E-state index in [-0.39, 0.29) is 5.56 Å². The Morgan fingerprint density at radius 2 is 2.11 bits per heavy atom. The molecule has 94 valence electrons. The van der Waals surface area contributed by atoms with Crippen LogP contribution in [0.15, 0.2) is 29.3 Å². The molecule has 0 amide bonds. The molecule has 0 fully saturated rings. The van der Waals surface area contributed by atoms with Crippen LogP contribution >= 0.6 is 45.8 Å². The van der Waals surface area contributed by atoms with Gasteiger partial charge in [-0.2, -0.15) is 0 Å². The second kappa shape index (κ2) is 5.59. The molecule has 1 aromatic carbocycles. The highest BCUT2D eigenvalue weighted by Gasteiger charge is 2.09. The van der Waals surface area contributed by atoms with E-state index in [1.165, 1.54) is 10.9 Å². The van der Waals surface area contributed by atoms with Crippen molar-refractivity contribution >= 4 is 45.8 Å². The normalized spacial score (nSPS) is 10.7. The Labute approximate surface area is 128 Å². The SMILES string of the molecule is Cc1ncn(Cc2cccc(Cl)c2Cl)c(=O)c1I. The van der Waals surface area contributed by atoms with Gasteiger partial charge in [0.2, 0.25) is 0 Å². The Morgan fingerprint density at radius 1 is 1.39 bits per heavy atom. The number of hydrogen-bond donors (Lipinski definition) is 0. The third kappa shape index (κ3) is 2.70. The third-order valence-electron chi connectivity index (χ3n) is 2.53. The largest absolute Gasteiger partial charge is 0.294 e. The van der Waals surface area contributed by atoms with Crippen LogP contribution in [0, 0.1) is 10.5 Å². The average Bonchev–Trinajstić information content (AvgIpc) is 2.35. The van der Waals surface area contributed by atoms with Crippen LogP contribution in [0.1, 0.15) is 11.3 Å². The van der Waals surface area contributed by atoms with Crippen molar-refractivity contribution in [3.63, 3.8) is 0 Å². The van der Waals surface area contributed by atoms with Gasteiger partial charge in [-0.3, -0.25) is 9.36 Å². The molecule has 0 atom stereocenters. The first kappa shape index (κ1) is 13.8. The Hall–Kier alpha value is -0.590. The number of aryl methyl sites for hydroxylation is 1. The van der Waals surface area contributed by atoms with Gasteiger partial charge in [-0.05, 0) is 41.1 Å². The van der Waals surface area contributed by atoms with E-state index in [0.717, 1.165) is 11.3 Å². The van der Waals surface area contributed by atoms with Gasteiger partial charge in [-0.25, -0.2) is 4.98 Å². The van der Waals surface area contributed by atoms with E-state index in [9.17, 15) is 4.79 Å². The van der Waals surface area contributed by atoms with Crippen molar-refractivity contribution in [3.05, 3.63) is 59.8 Å². The molecule has 0 spiro atoms. The van der Waals surface area contributed by atoms with Crippen molar-refractivity contribution in [1.82, 2.24) is 9.55 Å². The molecule has 0 N–H and O–H groups in total. The molecule has 0 saturated heterocycles. The zero-order valence-electron chi connectivity index (χ0n) is 9.45. The fourth-order valence-corrected chi connectivity index (χ4v) is 2.34. The lowest BCUT2D eigenvalue weighted by atomic mass is 10.2. The topological polar surface area (TPSA) is 34.9 Å². The summed E-state index contributed by atoms with van der Waals surface area (Å²) in [4.78, 5) is 16.2. The van der Waals surface area contributed by atoms with E-state index in [1.807, 2.05) is 28.7 Å². The van der Waals surface area contributed by atoms with Crippen LogP contribution < -0.4 is 5.56 Å². The quantitative estimate of drug-likeness (QED) is 0.730. The zero-order chi connectivity index (χ0) is 13.3. The van der Waals surface area contributed by atoms with Crippen molar-refractivity contribution in [1.29, 1.82) is 0 Å². The zero-order valence-corrected chi connectivity index (χ0v) is 13.1. The van der Waals surface area contributed by atoms with E-state index in [2.05, 4.69) is 4.98 Å². The van der Waals surface area contributed by atoms with Gasteiger partial charge in [0.05, 0.1) is 32.2 Å². The summed E-state index contributed by atoms with van der Waals surface area (Å²) in [6, 6.07) is 5.36. The maximum atomic E-state index is 12.0. The summed E-state index contributed by atoms with van der Waals surface area (Å²) in [7, 11) is 0. The molecule has 0 bridgehead atoms. The Balaban J connectivity index is 2.44. The molecule has 0 aliphatic heterocycles. The molecule has 18 heavy (non-hydrogen) atoms. The molecule has 6 heteroatoms. The molecule has 0 aliphatic rings. The smallest absolute Gasteiger partial charge is 0.267 e. The molecule has 1 aromatic heterocycles. The van der Waals surface area contributed by atoms with Gasteiger partial charge in [0.1, 0.15) is 0 Å². The Morgan fingerprint density at radius 3 is 2.83 bits per heavy atom. The van der Waals surface area contributed by atoms with Crippen molar-refractivity contribution in [2.45, 2.75) is 13.5 Å².